The minimum atomic E-state index is -0.411. The summed E-state index contributed by atoms with van der Waals surface area (Å²) < 4.78 is 5.36. The smallest absolute Gasteiger partial charge is 0.278 e. The number of rotatable bonds is 5. The fourth-order valence-electron chi connectivity index (χ4n) is 2.49. The van der Waals surface area contributed by atoms with Crippen molar-refractivity contribution in [3.8, 4) is 11.5 Å². The zero-order valence-electron chi connectivity index (χ0n) is 13.5. The summed E-state index contributed by atoms with van der Waals surface area (Å²) in [6.45, 7) is 2.31. The van der Waals surface area contributed by atoms with E-state index in [1.807, 2.05) is 13.0 Å². The molecule has 0 atom stereocenters. The fourth-order valence-corrected chi connectivity index (χ4v) is 2.49. The van der Waals surface area contributed by atoms with Gasteiger partial charge in [-0.2, -0.15) is 0 Å². The summed E-state index contributed by atoms with van der Waals surface area (Å²) in [6.07, 6.45) is 3.65. The van der Waals surface area contributed by atoms with E-state index in [-0.39, 0.29) is 11.4 Å². The molecule has 0 bridgehead atoms. The Balaban J connectivity index is 1.91. The van der Waals surface area contributed by atoms with Crippen LogP contribution in [0.25, 0.3) is 23.1 Å². The Morgan fingerprint density at radius 2 is 2.04 bits per heavy atom. The highest BCUT2D eigenvalue weighted by molar-refractivity contribution is 5.89. The van der Waals surface area contributed by atoms with Crippen LogP contribution < -0.4 is 4.74 Å². The Morgan fingerprint density at radius 1 is 1.20 bits per heavy atom. The maximum atomic E-state index is 11.1. The van der Waals surface area contributed by atoms with E-state index in [9.17, 15) is 15.2 Å². The van der Waals surface area contributed by atoms with Crippen molar-refractivity contribution >= 4 is 28.7 Å². The summed E-state index contributed by atoms with van der Waals surface area (Å²) >= 11 is 0. The molecule has 126 valence electrons. The third-order valence-electron chi connectivity index (χ3n) is 3.66. The molecule has 0 aliphatic heterocycles. The Kier molecular flexibility index (Phi) is 4.61. The van der Waals surface area contributed by atoms with Crippen LogP contribution in [0.15, 0.2) is 48.5 Å². The number of hydrogen-bond acceptors (Lipinski definition) is 5. The minimum Gasteiger partial charge on any atom is -0.504 e. The van der Waals surface area contributed by atoms with Crippen LogP contribution in [0.5, 0.6) is 11.5 Å². The van der Waals surface area contributed by atoms with E-state index in [1.54, 1.807) is 48.5 Å². The number of ether oxygens (including phenoxy) is 1. The van der Waals surface area contributed by atoms with E-state index >= 15 is 0 Å². The molecule has 3 aromatic rings. The summed E-state index contributed by atoms with van der Waals surface area (Å²) in [6, 6.07) is 13.3. The SMILES string of the molecule is CCOc1cc(/C=C/c2ccc3c([N+](=O)[O-])cccc3n2)ccc1O. The first-order chi connectivity index (χ1) is 12.1. The summed E-state index contributed by atoms with van der Waals surface area (Å²) in [7, 11) is 0. The molecule has 0 saturated carbocycles. The van der Waals surface area contributed by atoms with Crippen molar-refractivity contribution in [1.29, 1.82) is 0 Å². The monoisotopic (exact) mass is 336 g/mol. The molecule has 2 aromatic carbocycles. The lowest BCUT2D eigenvalue weighted by molar-refractivity contribution is -0.383. The van der Waals surface area contributed by atoms with Gasteiger partial charge in [-0.15, -0.1) is 0 Å². The van der Waals surface area contributed by atoms with Crippen molar-refractivity contribution in [3.63, 3.8) is 0 Å². The molecule has 1 heterocycles. The number of nitro groups is 1. The lowest BCUT2D eigenvalue weighted by Gasteiger charge is -2.06. The molecule has 0 unspecified atom stereocenters. The van der Waals surface area contributed by atoms with Crippen molar-refractivity contribution in [1.82, 2.24) is 4.98 Å². The normalized spacial score (nSPS) is 11.1. The molecule has 1 aromatic heterocycles. The van der Waals surface area contributed by atoms with Crippen LogP contribution in [0, 0.1) is 10.1 Å². The summed E-state index contributed by atoms with van der Waals surface area (Å²) in [4.78, 5) is 15.1. The molecular formula is C19H16N2O4. The first-order valence-electron chi connectivity index (χ1n) is 7.76. The number of pyridine rings is 1. The highest BCUT2D eigenvalue weighted by atomic mass is 16.6. The molecule has 6 heteroatoms. The summed E-state index contributed by atoms with van der Waals surface area (Å²) in [5.41, 5.74) is 2.14. The van der Waals surface area contributed by atoms with Gasteiger partial charge in [-0.1, -0.05) is 18.2 Å². The van der Waals surface area contributed by atoms with Gasteiger partial charge in [0, 0.05) is 6.07 Å². The number of aromatic nitrogens is 1. The highest BCUT2D eigenvalue weighted by Crippen LogP contribution is 2.28. The van der Waals surface area contributed by atoms with Crippen LogP contribution in [-0.4, -0.2) is 21.6 Å². The van der Waals surface area contributed by atoms with Crippen LogP contribution >= 0.6 is 0 Å². The van der Waals surface area contributed by atoms with Crippen molar-refractivity contribution in [2.45, 2.75) is 6.92 Å². The fraction of sp³-hybridized carbons (Fsp3) is 0.105. The first-order valence-corrected chi connectivity index (χ1v) is 7.76. The van der Waals surface area contributed by atoms with Gasteiger partial charge in [0.05, 0.1) is 28.1 Å². The van der Waals surface area contributed by atoms with Gasteiger partial charge in [0.1, 0.15) is 0 Å². The number of aromatic hydroxyl groups is 1. The Hall–Kier alpha value is -3.41. The maximum absolute atomic E-state index is 11.1. The van der Waals surface area contributed by atoms with Crippen molar-refractivity contribution in [3.05, 3.63) is 69.9 Å². The molecule has 25 heavy (non-hydrogen) atoms. The lowest BCUT2D eigenvalue weighted by Crippen LogP contribution is -1.92. The van der Waals surface area contributed by atoms with Crippen molar-refractivity contribution < 1.29 is 14.8 Å². The van der Waals surface area contributed by atoms with Gasteiger partial charge in [-0.05, 0) is 48.9 Å². The average molecular weight is 336 g/mol. The summed E-state index contributed by atoms with van der Waals surface area (Å²) in [5.74, 6) is 0.516. The predicted molar refractivity (Wildman–Crippen MR) is 96.6 cm³/mol. The lowest BCUT2D eigenvalue weighted by atomic mass is 10.1. The standard InChI is InChI=1S/C19H16N2O4/c1-2-25-19-12-13(7-11-18(19)22)6-8-14-9-10-15-16(20-14)4-3-5-17(15)21(23)24/h3-12,22H,2H2,1H3/b8-6+. The molecule has 0 aliphatic rings. The Morgan fingerprint density at radius 3 is 2.80 bits per heavy atom. The number of fused-ring (bicyclic) bond motifs is 1. The minimum absolute atomic E-state index is 0.0421. The molecule has 1 N–H and O–H groups in total. The highest BCUT2D eigenvalue weighted by Gasteiger charge is 2.11. The number of non-ortho nitro benzene ring substituents is 1. The van der Waals surface area contributed by atoms with Crippen LogP contribution in [0.2, 0.25) is 0 Å². The van der Waals surface area contributed by atoms with E-state index in [4.69, 9.17) is 4.74 Å². The zero-order chi connectivity index (χ0) is 17.8. The van der Waals surface area contributed by atoms with E-state index in [0.29, 0.717) is 29.0 Å². The van der Waals surface area contributed by atoms with Gasteiger partial charge < -0.3 is 9.84 Å². The largest absolute Gasteiger partial charge is 0.504 e. The molecule has 3 rings (SSSR count). The van der Waals surface area contributed by atoms with E-state index < -0.39 is 4.92 Å². The molecule has 0 aliphatic carbocycles. The topological polar surface area (TPSA) is 85.5 Å². The predicted octanol–water partition coefficient (Wildman–Crippen LogP) is 4.42. The quantitative estimate of drug-likeness (QED) is 0.551. The first kappa shape index (κ1) is 16.4. The summed E-state index contributed by atoms with van der Waals surface area (Å²) in [5, 5.41) is 21.3. The molecule has 0 radical (unpaired) electrons. The molecule has 0 spiro atoms. The van der Waals surface area contributed by atoms with Gasteiger partial charge in [0.15, 0.2) is 11.5 Å². The number of phenols is 1. The second-order valence-corrected chi connectivity index (χ2v) is 5.33. The molecular weight excluding hydrogens is 320 g/mol. The molecule has 0 saturated heterocycles. The van der Waals surface area contributed by atoms with E-state index in [1.165, 1.54) is 6.07 Å². The van der Waals surface area contributed by atoms with Gasteiger partial charge in [-0.3, -0.25) is 10.1 Å². The van der Waals surface area contributed by atoms with Gasteiger partial charge in [0.2, 0.25) is 0 Å². The van der Waals surface area contributed by atoms with Crippen molar-refractivity contribution in [2.75, 3.05) is 6.61 Å². The number of nitro benzene ring substituents is 1. The van der Waals surface area contributed by atoms with Crippen LogP contribution in [0.1, 0.15) is 18.2 Å². The number of benzene rings is 2. The van der Waals surface area contributed by atoms with E-state index in [2.05, 4.69) is 4.98 Å². The van der Waals surface area contributed by atoms with Crippen molar-refractivity contribution in [2.24, 2.45) is 0 Å². The second-order valence-electron chi connectivity index (χ2n) is 5.33. The van der Waals surface area contributed by atoms with Crippen LogP contribution in [-0.2, 0) is 0 Å². The molecule has 0 amide bonds. The van der Waals surface area contributed by atoms with Crippen LogP contribution in [0.3, 0.4) is 0 Å². The molecule has 0 fully saturated rings. The third kappa shape index (κ3) is 3.58. The van der Waals surface area contributed by atoms with Gasteiger partial charge >= 0.3 is 0 Å². The zero-order valence-corrected chi connectivity index (χ0v) is 13.5. The third-order valence-corrected chi connectivity index (χ3v) is 3.66. The maximum Gasteiger partial charge on any atom is 0.278 e. The average Bonchev–Trinajstić information content (AvgIpc) is 2.61. The Labute approximate surface area is 144 Å². The van der Waals surface area contributed by atoms with E-state index in [0.717, 1.165) is 5.56 Å². The van der Waals surface area contributed by atoms with Gasteiger partial charge in [0.25, 0.3) is 5.69 Å². The van der Waals surface area contributed by atoms with Crippen LogP contribution in [0.4, 0.5) is 5.69 Å². The number of phenolic OH excluding ortho intramolecular Hbond substituents is 1. The second kappa shape index (κ2) is 7.00. The van der Waals surface area contributed by atoms with Gasteiger partial charge in [-0.25, -0.2) is 4.98 Å². The molecule has 6 nitrogen and oxygen atoms in total. The number of hydrogen-bond donors (Lipinski definition) is 1. The number of nitrogens with zero attached hydrogens (tertiary/aromatic N) is 2. The Bertz CT molecular complexity index is 967.